The molecule has 0 fully saturated rings. The summed E-state index contributed by atoms with van der Waals surface area (Å²) >= 11 is 0. The molecule has 0 aromatic heterocycles. The van der Waals surface area contributed by atoms with Crippen LogP contribution in [-0.4, -0.2) is 11.7 Å². The predicted octanol–water partition coefficient (Wildman–Crippen LogP) is 3.33. The van der Waals surface area contributed by atoms with E-state index in [-0.39, 0.29) is 5.75 Å². The van der Waals surface area contributed by atoms with E-state index < -0.39 is 0 Å². The minimum Gasteiger partial charge on any atom is -0.508 e. The van der Waals surface area contributed by atoms with E-state index in [4.69, 9.17) is 4.74 Å². The lowest BCUT2D eigenvalue weighted by Crippen LogP contribution is -2.14. The second kappa shape index (κ2) is 5.22. The van der Waals surface area contributed by atoms with E-state index in [1.165, 1.54) is 16.8 Å². The van der Waals surface area contributed by atoms with E-state index in [9.17, 15) is 5.11 Å². The summed E-state index contributed by atoms with van der Waals surface area (Å²) in [7, 11) is 0. The van der Waals surface area contributed by atoms with Gasteiger partial charge in [-0.25, -0.2) is 0 Å². The second-order valence-corrected chi connectivity index (χ2v) is 4.76. The van der Waals surface area contributed by atoms with Gasteiger partial charge < -0.3 is 15.2 Å². The summed E-state index contributed by atoms with van der Waals surface area (Å²) < 4.78 is 5.75. The number of anilines is 1. The van der Waals surface area contributed by atoms with Crippen molar-refractivity contribution in [3.63, 3.8) is 0 Å². The molecular formula is C16H17NO2. The van der Waals surface area contributed by atoms with Gasteiger partial charge in [-0.15, -0.1) is 0 Å². The number of rotatable bonds is 3. The van der Waals surface area contributed by atoms with Crippen LogP contribution in [0.4, 0.5) is 5.69 Å². The van der Waals surface area contributed by atoms with Crippen LogP contribution in [0.2, 0.25) is 0 Å². The van der Waals surface area contributed by atoms with Crippen LogP contribution < -0.4 is 10.1 Å². The molecule has 3 rings (SSSR count). The molecule has 0 radical (unpaired) electrons. The summed E-state index contributed by atoms with van der Waals surface area (Å²) in [5, 5.41) is 12.8. The number of nitrogens with one attached hydrogen (secondary N) is 1. The van der Waals surface area contributed by atoms with Gasteiger partial charge in [0.2, 0.25) is 0 Å². The average Bonchev–Trinajstić information content (AvgIpc) is 2.45. The van der Waals surface area contributed by atoms with Crippen LogP contribution in [0.15, 0.2) is 42.5 Å². The molecule has 0 saturated carbocycles. The van der Waals surface area contributed by atoms with E-state index in [1.807, 2.05) is 6.07 Å². The van der Waals surface area contributed by atoms with Gasteiger partial charge in [-0.3, -0.25) is 0 Å². The molecule has 0 atom stereocenters. The SMILES string of the molecule is Oc1cccc(OCc2cccc3c2CCCN3)c1. The molecule has 2 N–H and O–H groups in total. The Morgan fingerprint density at radius 3 is 2.95 bits per heavy atom. The zero-order valence-electron chi connectivity index (χ0n) is 10.7. The maximum absolute atomic E-state index is 9.41. The molecule has 0 unspecified atom stereocenters. The number of benzene rings is 2. The van der Waals surface area contributed by atoms with Crippen LogP contribution in [0, 0.1) is 0 Å². The van der Waals surface area contributed by atoms with Gasteiger partial charge in [0, 0.05) is 18.3 Å². The van der Waals surface area contributed by atoms with Crippen LogP contribution in [0.3, 0.4) is 0 Å². The summed E-state index contributed by atoms with van der Waals surface area (Å²) in [6.07, 6.45) is 2.26. The van der Waals surface area contributed by atoms with Crippen molar-refractivity contribution in [1.82, 2.24) is 0 Å². The van der Waals surface area contributed by atoms with Crippen molar-refractivity contribution < 1.29 is 9.84 Å². The Morgan fingerprint density at radius 1 is 1.16 bits per heavy atom. The van der Waals surface area contributed by atoms with Crippen molar-refractivity contribution >= 4 is 5.69 Å². The fraction of sp³-hybridized carbons (Fsp3) is 0.250. The first-order chi connectivity index (χ1) is 9.33. The van der Waals surface area contributed by atoms with Gasteiger partial charge in [0.25, 0.3) is 0 Å². The lowest BCUT2D eigenvalue weighted by atomic mass is 9.98. The number of aromatic hydroxyl groups is 1. The molecule has 1 heterocycles. The van der Waals surface area contributed by atoms with Crippen molar-refractivity contribution in [3.05, 3.63) is 53.6 Å². The fourth-order valence-electron chi connectivity index (χ4n) is 2.45. The third kappa shape index (κ3) is 2.65. The first kappa shape index (κ1) is 11.9. The maximum Gasteiger partial charge on any atom is 0.123 e. The monoisotopic (exact) mass is 255 g/mol. The Bertz CT molecular complexity index is 581. The van der Waals surface area contributed by atoms with Gasteiger partial charge >= 0.3 is 0 Å². The highest BCUT2D eigenvalue weighted by Gasteiger charge is 2.12. The summed E-state index contributed by atoms with van der Waals surface area (Å²) in [5.74, 6) is 0.927. The largest absolute Gasteiger partial charge is 0.508 e. The van der Waals surface area contributed by atoms with Gasteiger partial charge in [-0.2, -0.15) is 0 Å². The quantitative estimate of drug-likeness (QED) is 0.884. The Kier molecular flexibility index (Phi) is 3.27. The van der Waals surface area contributed by atoms with E-state index in [1.54, 1.807) is 18.2 Å². The van der Waals surface area contributed by atoms with Crippen molar-refractivity contribution in [2.24, 2.45) is 0 Å². The molecule has 3 nitrogen and oxygen atoms in total. The Labute approximate surface area is 112 Å². The van der Waals surface area contributed by atoms with E-state index in [2.05, 4.69) is 23.5 Å². The van der Waals surface area contributed by atoms with Crippen LogP contribution in [0.1, 0.15) is 17.5 Å². The van der Waals surface area contributed by atoms with Gasteiger partial charge in [0.15, 0.2) is 0 Å². The number of ether oxygens (including phenoxy) is 1. The summed E-state index contributed by atoms with van der Waals surface area (Å²) in [5.41, 5.74) is 3.80. The topological polar surface area (TPSA) is 41.5 Å². The number of hydrogen-bond acceptors (Lipinski definition) is 3. The molecule has 0 aliphatic carbocycles. The minimum absolute atomic E-state index is 0.231. The van der Waals surface area contributed by atoms with Crippen LogP contribution in [0.25, 0.3) is 0 Å². The third-order valence-electron chi connectivity index (χ3n) is 3.40. The average molecular weight is 255 g/mol. The van der Waals surface area contributed by atoms with Crippen molar-refractivity contribution in [2.75, 3.05) is 11.9 Å². The highest BCUT2D eigenvalue weighted by Crippen LogP contribution is 2.26. The normalized spacial score (nSPS) is 13.5. The fourth-order valence-corrected chi connectivity index (χ4v) is 2.45. The number of hydrogen-bond donors (Lipinski definition) is 2. The van der Waals surface area contributed by atoms with Gasteiger partial charge in [-0.05, 0) is 42.2 Å². The molecule has 19 heavy (non-hydrogen) atoms. The van der Waals surface area contributed by atoms with Gasteiger partial charge in [-0.1, -0.05) is 18.2 Å². The molecule has 98 valence electrons. The zero-order valence-corrected chi connectivity index (χ0v) is 10.7. The highest BCUT2D eigenvalue weighted by molar-refractivity contribution is 5.56. The first-order valence-electron chi connectivity index (χ1n) is 6.59. The molecule has 0 saturated heterocycles. The predicted molar refractivity (Wildman–Crippen MR) is 75.7 cm³/mol. The third-order valence-corrected chi connectivity index (χ3v) is 3.40. The second-order valence-electron chi connectivity index (χ2n) is 4.76. The molecular weight excluding hydrogens is 238 g/mol. The van der Waals surface area contributed by atoms with E-state index in [0.717, 1.165) is 19.4 Å². The summed E-state index contributed by atoms with van der Waals surface area (Å²) in [4.78, 5) is 0. The Hall–Kier alpha value is -2.16. The number of phenols is 1. The maximum atomic E-state index is 9.41. The first-order valence-corrected chi connectivity index (χ1v) is 6.59. The minimum atomic E-state index is 0.231. The molecule has 1 aliphatic heterocycles. The molecule has 0 amide bonds. The standard InChI is InChI=1S/C16H17NO2/c18-13-5-2-6-14(10-13)19-11-12-4-1-8-16-15(12)7-3-9-17-16/h1-2,4-6,8,10,17-18H,3,7,9,11H2. The van der Waals surface area contributed by atoms with Crippen molar-refractivity contribution in [3.8, 4) is 11.5 Å². The molecule has 2 aromatic rings. The van der Waals surface area contributed by atoms with E-state index >= 15 is 0 Å². The van der Waals surface area contributed by atoms with Crippen molar-refractivity contribution in [2.45, 2.75) is 19.4 Å². The van der Waals surface area contributed by atoms with Crippen LogP contribution in [-0.2, 0) is 13.0 Å². The molecule has 2 aromatic carbocycles. The lowest BCUT2D eigenvalue weighted by Gasteiger charge is -2.21. The zero-order chi connectivity index (χ0) is 13.1. The molecule has 0 bridgehead atoms. The smallest absolute Gasteiger partial charge is 0.123 e. The van der Waals surface area contributed by atoms with E-state index in [0.29, 0.717) is 12.4 Å². The lowest BCUT2D eigenvalue weighted by molar-refractivity contribution is 0.303. The van der Waals surface area contributed by atoms with Crippen molar-refractivity contribution in [1.29, 1.82) is 0 Å². The van der Waals surface area contributed by atoms with Crippen LogP contribution in [0.5, 0.6) is 11.5 Å². The summed E-state index contributed by atoms with van der Waals surface area (Å²) in [6.45, 7) is 1.58. The summed E-state index contributed by atoms with van der Waals surface area (Å²) in [6, 6.07) is 13.2. The van der Waals surface area contributed by atoms with Crippen LogP contribution >= 0.6 is 0 Å². The van der Waals surface area contributed by atoms with Gasteiger partial charge in [0.05, 0.1) is 0 Å². The molecule has 0 spiro atoms. The Balaban J connectivity index is 1.77. The Morgan fingerprint density at radius 2 is 2.05 bits per heavy atom. The molecule has 3 heteroatoms. The molecule has 1 aliphatic rings. The van der Waals surface area contributed by atoms with Gasteiger partial charge in [0.1, 0.15) is 18.1 Å². The number of phenolic OH excluding ortho intramolecular Hbond substituents is 1. The highest BCUT2D eigenvalue weighted by atomic mass is 16.5. The number of fused-ring (bicyclic) bond motifs is 1.